The van der Waals surface area contributed by atoms with E-state index in [-0.39, 0.29) is 12.2 Å². The summed E-state index contributed by atoms with van der Waals surface area (Å²) in [6, 6.07) is 13.1. The van der Waals surface area contributed by atoms with Crippen molar-refractivity contribution in [2.24, 2.45) is 0 Å². The molecule has 0 bridgehead atoms. The number of hydrogen-bond acceptors (Lipinski definition) is 5. The summed E-state index contributed by atoms with van der Waals surface area (Å²) in [4.78, 5) is 27.7. The molecule has 1 heterocycles. The van der Waals surface area contributed by atoms with Crippen molar-refractivity contribution in [3.63, 3.8) is 0 Å². The van der Waals surface area contributed by atoms with Gasteiger partial charge in [0.25, 0.3) is 0 Å². The summed E-state index contributed by atoms with van der Waals surface area (Å²) in [6.45, 7) is 4.76. The molecule has 28 heavy (non-hydrogen) atoms. The summed E-state index contributed by atoms with van der Waals surface area (Å²) in [5.74, 6) is 0.354. The fraction of sp³-hybridized carbons (Fsp3) is 0.273. The molecular weight excluding hydrogens is 358 g/mol. The van der Waals surface area contributed by atoms with Gasteiger partial charge in [-0.1, -0.05) is 37.3 Å². The number of benzene rings is 2. The van der Waals surface area contributed by atoms with Crippen LogP contribution in [0.5, 0.6) is 11.5 Å². The number of pyridine rings is 1. The smallest absolute Gasteiger partial charge is 0.343 e. The highest BCUT2D eigenvalue weighted by Gasteiger charge is 2.17. The van der Waals surface area contributed by atoms with Gasteiger partial charge in [0, 0.05) is 12.3 Å². The van der Waals surface area contributed by atoms with Crippen molar-refractivity contribution in [1.82, 2.24) is 4.98 Å². The van der Waals surface area contributed by atoms with E-state index in [1.807, 2.05) is 37.3 Å². The minimum absolute atomic E-state index is 0.0336. The zero-order valence-electron chi connectivity index (χ0n) is 16.0. The molecule has 146 valence electrons. The Labute approximate surface area is 163 Å². The van der Waals surface area contributed by atoms with Crippen LogP contribution in [0.3, 0.4) is 0 Å². The molecule has 3 aromatic rings. The van der Waals surface area contributed by atoms with E-state index in [1.165, 1.54) is 6.20 Å². The quantitative estimate of drug-likeness (QED) is 0.595. The van der Waals surface area contributed by atoms with E-state index >= 15 is 0 Å². The molecule has 0 saturated carbocycles. The van der Waals surface area contributed by atoms with Crippen molar-refractivity contribution >= 4 is 16.9 Å². The molecule has 6 nitrogen and oxygen atoms in total. The Morgan fingerprint density at radius 1 is 1.04 bits per heavy atom. The summed E-state index contributed by atoms with van der Waals surface area (Å²) in [7, 11) is 0. The summed E-state index contributed by atoms with van der Waals surface area (Å²) >= 11 is 0. The third kappa shape index (κ3) is 4.34. The van der Waals surface area contributed by atoms with Gasteiger partial charge in [-0.3, -0.25) is 4.79 Å². The predicted octanol–water partition coefficient (Wildman–Crippen LogP) is 4.07. The van der Waals surface area contributed by atoms with Crippen molar-refractivity contribution in [3.05, 3.63) is 70.0 Å². The number of carbonyl (C=O) groups excluding carboxylic acids is 1. The zero-order valence-corrected chi connectivity index (χ0v) is 16.0. The number of hydrogen-bond donors (Lipinski definition) is 1. The first-order valence-electron chi connectivity index (χ1n) is 9.30. The van der Waals surface area contributed by atoms with Gasteiger partial charge < -0.3 is 19.2 Å². The molecule has 0 aliphatic rings. The first-order chi connectivity index (χ1) is 13.6. The van der Waals surface area contributed by atoms with Crippen LogP contribution in [-0.2, 0) is 11.3 Å². The van der Waals surface area contributed by atoms with Crippen LogP contribution < -0.4 is 14.9 Å². The van der Waals surface area contributed by atoms with Crippen molar-refractivity contribution in [3.8, 4) is 11.5 Å². The SMILES string of the molecule is CCCOc1cc2c(=O)c(C(=O)OCC)c[nH]c2cc1OCc1ccccc1. The predicted molar refractivity (Wildman–Crippen MR) is 107 cm³/mol. The molecule has 0 aliphatic heterocycles. The van der Waals surface area contributed by atoms with Gasteiger partial charge in [0.1, 0.15) is 12.2 Å². The molecule has 0 saturated heterocycles. The van der Waals surface area contributed by atoms with Crippen LogP contribution in [0.1, 0.15) is 36.2 Å². The van der Waals surface area contributed by atoms with E-state index in [2.05, 4.69) is 4.98 Å². The number of carbonyl (C=O) groups is 1. The van der Waals surface area contributed by atoms with Gasteiger partial charge in [0.15, 0.2) is 11.5 Å². The lowest BCUT2D eigenvalue weighted by atomic mass is 10.1. The number of H-pyrrole nitrogens is 1. The Bertz CT molecular complexity index is 1010. The maximum absolute atomic E-state index is 12.7. The molecular formula is C22H23NO5. The highest BCUT2D eigenvalue weighted by Crippen LogP contribution is 2.32. The number of esters is 1. The van der Waals surface area contributed by atoms with Crippen LogP contribution in [0.25, 0.3) is 10.9 Å². The standard InChI is InChI=1S/C22H23NO5/c1-3-10-27-19-11-16-18(23-13-17(21(16)24)22(25)26-4-2)12-20(19)28-14-15-8-6-5-7-9-15/h5-9,11-13H,3-4,10,14H2,1-2H3,(H,23,24). The van der Waals surface area contributed by atoms with Gasteiger partial charge in [-0.25, -0.2) is 4.79 Å². The Morgan fingerprint density at radius 2 is 1.79 bits per heavy atom. The minimum atomic E-state index is -0.647. The summed E-state index contributed by atoms with van der Waals surface area (Å²) in [6.07, 6.45) is 2.19. The van der Waals surface area contributed by atoms with Crippen LogP contribution >= 0.6 is 0 Å². The number of ether oxygens (including phenoxy) is 3. The Hall–Kier alpha value is -3.28. The fourth-order valence-corrected chi connectivity index (χ4v) is 2.76. The number of aromatic amines is 1. The first kappa shape index (κ1) is 19.5. The average Bonchev–Trinajstić information content (AvgIpc) is 2.72. The molecule has 2 aromatic carbocycles. The molecule has 0 amide bonds. The zero-order chi connectivity index (χ0) is 19.9. The van der Waals surface area contributed by atoms with Crippen molar-refractivity contribution in [2.75, 3.05) is 13.2 Å². The highest BCUT2D eigenvalue weighted by atomic mass is 16.5. The van der Waals surface area contributed by atoms with Crippen LogP contribution in [0, 0.1) is 0 Å². The van der Waals surface area contributed by atoms with Gasteiger partial charge in [0.05, 0.1) is 24.1 Å². The minimum Gasteiger partial charge on any atom is -0.490 e. The normalized spacial score (nSPS) is 10.6. The molecule has 0 unspecified atom stereocenters. The van der Waals surface area contributed by atoms with E-state index in [0.717, 1.165) is 12.0 Å². The summed E-state index contributed by atoms with van der Waals surface area (Å²) in [5.41, 5.74) is 1.15. The lowest BCUT2D eigenvalue weighted by molar-refractivity contribution is 0.0524. The van der Waals surface area contributed by atoms with Crippen molar-refractivity contribution in [1.29, 1.82) is 0 Å². The third-order valence-electron chi connectivity index (χ3n) is 4.14. The fourth-order valence-electron chi connectivity index (χ4n) is 2.76. The maximum Gasteiger partial charge on any atom is 0.343 e. The molecule has 0 spiro atoms. The largest absolute Gasteiger partial charge is 0.490 e. The maximum atomic E-state index is 12.7. The Morgan fingerprint density at radius 3 is 2.50 bits per heavy atom. The second-order valence-electron chi connectivity index (χ2n) is 6.22. The topological polar surface area (TPSA) is 77.6 Å². The molecule has 0 atom stereocenters. The van der Waals surface area contributed by atoms with Gasteiger partial charge >= 0.3 is 5.97 Å². The molecule has 1 N–H and O–H groups in total. The highest BCUT2D eigenvalue weighted by molar-refractivity contribution is 5.94. The second-order valence-corrected chi connectivity index (χ2v) is 6.22. The molecule has 6 heteroatoms. The molecule has 0 radical (unpaired) electrons. The summed E-state index contributed by atoms with van der Waals surface area (Å²) < 4.78 is 16.7. The number of fused-ring (bicyclic) bond motifs is 1. The van der Waals surface area contributed by atoms with Gasteiger partial charge in [-0.2, -0.15) is 0 Å². The van der Waals surface area contributed by atoms with E-state index in [1.54, 1.807) is 19.1 Å². The third-order valence-corrected chi connectivity index (χ3v) is 4.14. The van der Waals surface area contributed by atoms with Crippen LogP contribution in [-0.4, -0.2) is 24.2 Å². The molecule has 1 aromatic heterocycles. The lowest BCUT2D eigenvalue weighted by Gasteiger charge is -2.14. The molecule has 0 aliphatic carbocycles. The van der Waals surface area contributed by atoms with E-state index < -0.39 is 11.4 Å². The Kier molecular flexibility index (Phi) is 6.32. The summed E-state index contributed by atoms with van der Waals surface area (Å²) in [5, 5.41) is 0.351. The van der Waals surface area contributed by atoms with E-state index in [0.29, 0.717) is 35.6 Å². The van der Waals surface area contributed by atoms with E-state index in [9.17, 15) is 9.59 Å². The van der Waals surface area contributed by atoms with Gasteiger partial charge in [-0.05, 0) is 25.0 Å². The number of aromatic nitrogens is 1. The second kappa shape index (κ2) is 9.08. The molecule has 0 fully saturated rings. The lowest BCUT2D eigenvalue weighted by Crippen LogP contribution is -2.18. The van der Waals surface area contributed by atoms with Crippen molar-refractivity contribution in [2.45, 2.75) is 26.9 Å². The number of nitrogens with one attached hydrogen (secondary N) is 1. The van der Waals surface area contributed by atoms with E-state index in [4.69, 9.17) is 14.2 Å². The molecule has 3 rings (SSSR count). The first-order valence-corrected chi connectivity index (χ1v) is 9.30. The van der Waals surface area contributed by atoms with Crippen LogP contribution in [0.15, 0.2) is 53.5 Å². The van der Waals surface area contributed by atoms with Crippen LogP contribution in [0.4, 0.5) is 0 Å². The average molecular weight is 381 g/mol. The van der Waals surface area contributed by atoms with Gasteiger partial charge in [0.2, 0.25) is 5.43 Å². The number of rotatable bonds is 8. The monoisotopic (exact) mass is 381 g/mol. The Balaban J connectivity index is 1.99. The van der Waals surface area contributed by atoms with Crippen LogP contribution in [0.2, 0.25) is 0 Å². The van der Waals surface area contributed by atoms with Crippen molar-refractivity contribution < 1.29 is 19.0 Å². The van der Waals surface area contributed by atoms with Gasteiger partial charge in [-0.15, -0.1) is 0 Å².